The number of hydrogen-bond acceptors (Lipinski definition) is 2. The molecule has 0 rings (SSSR count). The standard InChI is InChI=1S/C12H23N3O/c1-10(2)6-4-7-11(3)8-5-9-14-15-12(13)16/h5,8-11H,4,6-7H2,1-3H3,(H3,13,15,16)/b8-5+,14-9+/t11-/m1/s1. The first kappa shape index (κ1) is 14.7. The molecule has 0 aliphatic rings. The average molecular weight is 225 g/mol. The van der Waals surface area contributed by atoms with Crippen LogP contribution in [0.25, 0.3) is 0 Å². The van der Waals surface area contributed by atoms with Crippen molar-refractivity contribution < 1.29 is 4.79 Å². The molecule has 0 spiro atoms. The number of carbonyl (C=O) groups excluding carboxylic acids is 1. The highest BCUT2D eigenvalue weighted by Crippen LogP contribution is 2.12. The van der Waals surface area contributed by atoms with E-state index in [0.29, 0.717) is 5.92 Å². The maximum atomic E-state index is 10.3. The predicted octanol–water partition coefficient (Wildman–Crippen LogP) is 2.66. The SMILES string of the molecule is CC(C)CCC[C@@H](C)/C=C/C=N/NC(N)=O. The lowest BCUT2D eigenvalue weighted by atomic mass is 9.99. The number of allylic oxidation sites excluding steroid dienone is 2. The number of nitrogens with one attached hydrogen (secondary N) is 1. The van der Waals surface area contributed by atoms with Crippen LogP contribution in [0.2, 0.25) is 0 Å². The van der Waals surface area contributed by atoms with Crippen LogP contribution in [0.1, 0.15) is 40.0 Å². The summed E-state index contributed by atoms with van der Waals surface area (Å²) in [5.74, 6) is 1.32. The number of amides is 2. The molecule has 0 unspecified atom stereocenters. The number of hydrogen-bond donors (Lipinski definition) is 2. The Kier molecular flexibility index (Phi) is 8.21. The summed E-state index contributed by atoms with van der Waals surface area (Å²) in [6, 6.07) is -0.644. The lowest BCUT2D eigenvalue weighted by molar-refractivity contribution is 0.249. The van der Waals surface area contributed by atoms with Crippen LogP contribution in [0.3, 0.4) is 0 Å². The van der Waals surface area contributed by atoms with E-state index in [4.69, 9.17) is 5.73 Å². The van der Waals surface area contributed by atoms with Gasteiger partial charge in [0.15, 0.2) is 0 Å². The van der Waals surface area contributed by atoms with Gasteiger partial charge in [-0.3, -0.25) is 0 Å². The van der Waals surface area contributed by atoms with Crippen LogP contribution >= 0.6 is 0 Å². The van der Waals surface area contributed by atoms with Gasteiger partial charge < -0.3 is 5.73 Å². The summed E-state index contributed by atoms with van der Waals surface area (Å²) in [6.45, 7) is 6.65. The number of hydrazone groups is 1. The molecular formula is C12H23N3O. The van der Waals surface area contributed by atoms with E-state index < -0.39 is 6.03 Å². The van der Waals surface area contributed by atoms with Crippen LogP contribution in [-0.4, -0.2) is 12.2 Å². The molecule has 0 aliphatic heterocycles. The van der Waals surface area contributed by atoms with Gasteiger partial charge in [-0.2, -0.15) is 5.10 Å². The van der Waals surface area contributed by atoms with Crippen LogP contribution in [0, 0.1) is 11.8 Å². The first-order valence-corrected chi connectivity index (χ1v) is 5.77. The number of rotatable bonds is 7. The third kappa shape index (κ3) is 10.8. The van der Waals surface area contributed by atoms with Gasteiger partial charge in [-0.25, -0.2) is 10.2 Å². The summed E-state index contributed by atoms with van der Waals surface area (Å²) in [4.78, 5) is 10.3. The minimum atomic E-state index is -0.644. The van der Waals surface area contributed by atoms with E-state index in [1.54, 1.807) is 0 Å². The van der Waals surface area contributed by atoms with Gasteiger partial charge in [0, 0.05) is 6.21 Å². The lowest BCUT2D eigenvalue weighted by Crippen LogP contribution is -2.24. The van der Waals surface area contributed by atoms with Crippen LogP contribution in [0.15, 0.2) is 17.3 Å². The van der Waals surface area contributed by atoms with Gasteiger partial charge in [0.1, 0.15) is 0 Å². The fourth-order valence-corrected chi connectivity index (χ4v) is 1.33. The normalized spacial score (nSPS) is 13.8. The highest BCUT2D eigenvalue weighted by atomic mass is 16.2. The zero-order chi connectivity index (χ0) is 12.4. The third-order valence-electron chi connectivity index (χ3n) is 2.22. The Labute approximate surface area is 98.0 Å². The van der Waals surface area contributed by atoms with E-state index in [2.05, 4.69) is 37.4 Å². The molecule has 0 saturated heterocycles. The molecule has 0 bridgehead atoms. The lowest BCUT2D eigenvalue weighted by Gasteiger charge is -2.07. The topological polar surface area (TPSA) is 67.5 Å². The number of nitrogens with two attached hydrogens (primary N) is 1. The molecule has 0 radical (unpaired) electrons. The van der Waals surface area contributed by atoms with E-state index in [1.807, 2.05) is 6.08 Å². The number of carbonyl (C=O) groups is 1. The second kappa shape index (κ2) is 8.95. The van der Waals surface area contributed by atoms with Gasteiger partial charge >= 0.3 is 6.03 Å². The van der Waals surface area contributed by atoms with Crippen LogP contribution in [0.5, 0.6) is 0 Å². The second-order valence-corrected chi connectivity index (χ2v) is 4.44. The molecule has 0 heterocycles. The second-order valence-electron chi connectivity index (χ2n) is 4.44. The van der Waals surface area contributed by atoms with Gasteiger partial charge in [-0.05, 0) is 24.3 Å². The zero-order valence-corrected chi connectivity index (χ0v) is 10.4. The molecule has 4 heteroatoms. The summed E-state index contributed by atoms with van der Waals surface area (Å²) in [6.07, 6.45) is 9.15. The van der Waals surface area contributed by atoms with Gasteiger partial charge in [-0.15, -0.1) is 0 Å². The van der Waals surface area contributed by atoms with E-state index in [0.717, 1.165) is 5.92 Å². The molecule has 0 saturated carbocycles. The van der Waals surface area contributed by atoms with Crippen molar-refractivity contribution in [2.24, 2.45) is 22.7 Å². The van der Waals surface area contributed by atoms with Crippen molar-refractivity contribution in [3.8, 4) is 0 Å². The van der Waals surface area contributed by atoms with E-state index >= 15 is 0 Å². The van der Waals surface area contributed by atoms with Crippen molar-refractivity contribution in [3.05, 3.63) is 12.2 Å². The Morgan fingerprint density at radius 1 is 1.38 bits per heavy atom. The summed E-state index contributed by atoms with van der Waals surface area (Å²) in [7, 11) is 0. The highest BCUT2D eigenvalue weighted by Gasteiger charge is 1.98. The van der Waals surface area contributed by atoms with Crippen LogP contribution in [0.4, 0.5) is 4.79 Å². The molecule has 0 aromatic heterocycles. The third-order valence-corrected chi connectivity index (χ3v) is 2.22. The molecule has 3 N–H and O–H groups in total. The Bertz CT molecular complexity index is 247. The number of urea groups is 1. The molecule has 0 aromatic rings. The summed E-state index contributed by atoms with van der Waals surface area (Å²) in [5, 5.41) is 3.61. The Morgan fingerprint density at radius 2 is 2.06 bits per heavy atom. The number of nitrogens with zero attached hydrogens (tertiary/aromatic N) is 1. The molecule has 0 fully saturated rings. The molecule has 0 aromatic carbocycles. The molecule has 92 valence electrons. The first-order chi connectivity index (χ1) is 7.52. The molecule has 0 aliphatic carbocycles. The highest BCUT2D eigenvalue weighted by molar-refractivity contribution is 5.75. The maximum Gasteiger partial charge on any atom is 0.332 e. The van der Waals surface area contributed by atoms with E-state index in [-0.39, 0.29) is 0 Å². The zero-order valence-electron chi connectivity index (χ0n) is 10.4. The fraction of sp³-hybridized carbons (Fsp3) is 0.667. The quantitative estimate of drug-likeness (QED) is 0.507. The summed E-state index contributed by atoms with van der Waals surface area (Å²) < 4.78 is 0. The van der Waals surface area contributed by atoms with Crippen molar-refractivity contribution in [2.45, 2.75) is 40.0 Å². The Balaban J connectivity index is 3.61. The predicted molar refractivity (Wildman–Crippen MR) is 68.2 cm³/mol. The maximum absolute atomic E-state index is 10.3. The minimum absolute atomic E-state index is 0.541. The van der Waals surface area contributed by atoms with Crippen molar-refractivity contribution >= 4 is 12.2 Å². The van der Waals surface area contributed by atoms with E-state index in [9.17, 15) is 4.79 Å². The van der Waals surface area contributed by atoms with Crippen LogP contribution in [-0.2, 0) is 0 Å². The Hall–Kier alpha value is -1.32. The molecule has 1 atom stereocenters. The average Bonchev–Trinajstić information content (AvgIpc) is 2.16. The van der Waals surface area contributed by atoms with Gasteiger partial charge in [0.25, 0.3) is 0 Å². The minimum Gasteiger partial charge on any atom is -0.350 e. The van der Waals surface area contributed by atoms with Crippen molar-refractivity contribution in [1.82, 2.24) is 5.43 Å². The Morgan fingerprint density at radius 3 is 2.62 bits per heavy atom. The largest absolute Gasteiger partial charge is 0.350 e. The van der Waals surface area contributed by atoms with Crippen molar-refractivity contribution in [3.63, 3.8) is 0 Å². The monoisotopic (exact) mass is 225 g/mol. The van der Waals surface area contributed by atoms with Gasteiger partial charge in [-0.1, -0.05) is 39.7 Å². The van der Waals surface area contributed by atoms with Gasteiger partial charge in [0.05, 0.1) is 0 Å². The van der Waals surface area contributed by atoms with Crippen LogP contribution < -0.4 is 11.2 Å². The first-order valence-electron chi connectivity index (χ1n) is 5.77. The smallest absolute Gasteiger partial charge is 0.332 e. The molecule has 16 heavy (non-hydrogen) atoms. The molecular weight excluding hydrogens is 202 g/mol. The molecule has 2 amide bonds. The van der Waals surface area contributed by atoms with Gasteiger partial charge in [0.2, 0.25) is 0 Å². The summed E-state index contributed by atoms with van der Waals surface area (Å²) >= 11 is 0. The fourth-order valence-electron chi connectivity index (χ4n) is 1.33. The van der Waals surface area contributed by atoms with Crippen molar-refractivity contribution in [2.75, 3.05) is 0 Å². The molecule has 4 nitrogen and oxygen atoms in total. The summed E-state index contributed by atoms with van der Waals surface area (Å²) in [5.41, 5.74) is 6.98. The van der Waals surface area contributed by atoms with Crippen molar-refractivity contribution in [1.29, 1.82) is 0 Å². The van der Waals surface area contributed by atoms with E-state index in [1.165, 1.54) is 25.5 Å². The number of primary amides is 1.